The van der Waals surface area contributed by atoms with Crippen LogP contribution in [0.4, 0.5) is 51.2 Å². The van der Waals surface area contributed by atoms with Gasteiger partial charge >= 0.3 is 0 Å². The van der Waals surface area contributed by atoms with Crippen LogP contribution >= 0.6 is 0 Å². The molecule has 3 heterocycles. The highest BCUT2D eigenvalue weighted by Gasteiger charge is 2.51. The number of fused-ring (bicyclic) bond motifs is 9. The number of hydrogen-bond acceptors (Lipinski definition) is 4. The summed E-state index contributed by atoms with van der Waals surface area (Å²) < 4.78 is 7.85. The summed E-state index contributed by atoms with van der Waals surface area (Å²) >= 11 is 0. The molecule has 0 atom stereocenters. The topological polar surface area (TPSA) is 22.9 Å². The second-order valence-corrected chi connectivity index (χ2v) is 30.6. The smallest absolute Gasteiger partial charge is 0.297 e. The molecule has 2 aliphatic heterocycles. The quantitative estimate of drug-likeness (QED) is 0.155. The van der Waals surface area contributed by atoms with E-state index in [1.54, 1.807) is 0 Å². The van der Waals surface area contributed by atoms with Gasteiger partial charge in [-0.2, -0.15) is 0 Å². The van der Waals surface area contributed by atoms with Gasteiger partial charge in [0.25, 0.3) is 6.71 Å². The third-order valence-electron chi connectivity index (χ3n) is 21.2. The normalized spacial score (nSPS) is 19.0. The molecule has 14 rings (SSSR count). The zero-order chi connectivity index (χ0) is 58.1. The summed E-state index contributed by atoms with van der Waals surface area (Å²) in [6, 6.07) is 63.5. The molecule has 0 fully saturated rings. The van der Waals surface area contributed by atoms with Gasteiger partial charge in [0, 0.05) is 45.2 Å². The van der Waals surface area contributed by atoms with E-state index in [9.17, 15) is 0 Å². The van der Waals surface area contributed by atoms with Crippen molar-refractivity contribution in [1.82, 2.24) is 0 Å². The average Bonchev–Trinajstić information content (AvgIpc) is 2.20. The molecule has 0 bridgehead atoms. The Bertz CT molecular complexity index is 4070. The van der Waals surface area contributed by atoms with E-state index in [-0.39, 0.29) is 44.6 Å². The number of anilines is 9. The maximum Gasteiger partial charge on any atom is 0.297 e. The van der Waals surface area contributed by atoms with Crippen molar-refractivity contribution in [1.29, 1.82) is 0 Å². The van der Waals surface area contributed by atoms with Crippen molar-refractivity contribution >= 4 is 85.5 Å². The molecule has 4 nitrogen and oxygen atoms in total. The molecule has 0 amide bonds. The first-order valence-electron chi connectivity index (χ1n) is 31.1. The molecule has 0 saturated heterocycles. The monoisotopic (exact) mass is 1090 g/mol. The van der Waals surface area contributed by atoms with E-state index in [4.69, 9.17) is 4.42 Å². The standard InChI is InChI=1S/C78H84BN3O/c1-72(2,3)51-28-32-54(33-29-51)82-67-44-56(80(52-24-20-17-21-25-52)53-30-26-50(27-31-53)49-22-18-16-19-23-49)43-66-69(67)79(71-70(82)57-45-60-63(48-68(57)83-71)78(14,15)41-38-75(60,8)9)64-46-61-62(77(12,13)40-39-76(61,10)11)47-65(64)81(66)55-34-35-58-59(42-55)74(6,7)37-36-73(58,4)5/h16-35,42-48H,36-41H2,1-15H3. The van der Waals surface area contributed by atoms with Crippen molar-refractivity contribution in [3.8, 4) is 11.1 Å². The van der Waals surface area contributed by atoms with Crippen LogP contribution in [0.25, 0.3) is 22.1 Å². The van der Waals surface area contributed by atoms with Gasteiger partial charge in [-0.1, -0.05) is 189 Å². The molecule has 5 heteroatoms. The first-order chi connectivity index (χ1) is 39.2. The lowest BCUT2D eigenvalue weighted by atomic mass is 9.35. The SMILES string of the molecule is CC(C)(C)c1ccc(N2c3cc(N(c4ccccc4)c4ccc(-c5ccccc5)cc4)cc4c3B(c3cc5c(cc3N4c3ccc4c(c3)C(C)(C)CCC4(C)C)C(C)(C)CCC5(C)C)c3oc4cc5c(cc4c32)C(C)(C)CCC5(C)C)cc1. The summed E-state index contributed by atoms with van der Waals surface area (Å²) in [7, 11) is 0. The summed E-state index contributed by atoms with van der Waals surface area (Å²) in [5, 5.41) is 1.18. The molecule has 420 valence electrons. The van der Waals surface area contributed by atoms with Crippen molar-refractivity contribution in [3.05, 3.63) is 203 Å². The molecule has 83 heavy (non-hydrogen) atoms. The lowest BCUT2D eigenvalue weighted by molar-refractivity contribution is 0.332. The number of para-hydroxylation sites is 1. The van der Waals surface area contributed by atoms with Crippen molar-refractivity contribution in [3.63, 3.8) is 0 Å². The Labute approximate surface area is 496 Å². The highest BCUT2D eigenvalue weighted by Crippen LogP contribution is 2.56. The largest absolute Gasteiger partial charge is 0.468 e. The lowest BCUT2D eigenvalue weighted by Gasteiger charge is -2.47. The van der Waals surface area contributed by atoms with Gasteiger partial charge in [-0.3, -0.25) is 0 Å². The maximum absolute atomic E-state index is 7.85. The summed E-state index contributed by atoms with van der Waals surface area (Å²) in [5.41, 5.74) is 27.4. The van der Waals surface area contributed by atoms with Gasteiger partial charge in [-0.25, -0.2) is 0 Å². The second kappa shape index (κ2) is 18.1. The summed E-state index contributed by atoms with van der Waals surface area (Å²) in [4.78, 5) is 7.81. The average molecular weight is 1090 g/mol. The Balaban J connectivity index is 1.14. The molecular weight excluding hydrogens is 1010 g/mol. The molecule has 8 aromatic carbocycles. The van der Waals surface area contributed by atoms with Crippen LogP contribution in [0.1, 0.15) is 181 Å². The zero-order valence-electron chi connectivity index (χ0n) is 52.2. The molecule has 0 radical (unpaired) electrons. The van der Waals surface area contributed by atoms with Crippen LogP contribution in [0.5, 0.6) is 0 Å². The third kappa shape index (κ3) is 8.42. The van der Waals surface area contributed by atoms with Crippen molar-refractivity contribution < 1.29 is 4.42 Å². The molecule has 3 aliphatic carbocycles. The van der Waals surface area contributed by atoms with Crippen LogP contribution in [0.15, 0.2) is 168 Å². The van der Waals surface area contributed by atoms with Gasteiger partial charge in [0.15, 0.2) is 0 Å². The van der Waals surface area contributed by atoms with Crippen molar-refractivity contribution in [2.75, 3.05) is 14.7 Å². The van der Waals surface area contributed by atoms with E-state index in [0.29, 0.717) is 0 Å². The predicted molar refractivity (Wildman–Crippen MR) is 355 cm³/mol. The molecule has 5 aliphatic rings. The molecule has 0 unspecified atom stereocenters. The van der Waals surface area contributed by atoms with E-state index in [2.05, 4.69) is 282 Å². The number of benzene rings is 8. The lowest BCUT2D eigenvalue weighted by Crippen LogP contribution is -2.61. The van der Waals surface area contributed by atoms with Crippen LogP contribution < -0.4 is 31.3 Å². The highest BCUT2D eigenvalue weighted by molar-refractivity contribution is 7.00. The van der Waals surface area contributed by atoms with Gasteiger partial charge in [0.1, 0.15) is 5.58 Å². The molecular formula is C78H84BN3O. The zero-order valence-corrected chi connectivity index (χ0v) is 52.2. The highest BCUT2D eigenvalue weighted by atomic mass is 16.3. The number of nitrogens with zero attached hydrogens (tertiary/aromatic N) is 3. The van der Waals surface area contributed by atoms with Gasteiger partial charge in [0.05, 0.1) is 17.0 Å². The Morgan fingerprint density at radius 2 is 0.880 bits per heavy atom. The summed E-state index contributed by atoms with van der Waals surface area (Å²) in [5.74, 6) is 0. The van der Waals surface area contributed by atoms with E-state index >= 15 is 0 Å². The fourth-order valence-corrected chi connectivity index (χ4v) is 15.5. The molecule has 0 N–H and O–H groups in total. The Morgan fingerprint density at radius 3 is 1.46 bits per heavy atom. The minimum Gasteiger partial charge on any atom is -0.468 e. The fraction of sp³-hybridized carbons (Fsp3) is 0.359. The van der Waals surface area contributed by atoms with E-state index in [1.807, 2.05) is 0 Å². The van der Waals surface area contributed by atoms with Gasteiger partial charge < -0.3 is 19.1 Å². The van der Waals surface area contributed by atoms with Crippen LogP contribution in [0.2, 0.25) is 0 Å². The summed E-state index contributed by atoms with van der Waals surface area (Å²) in [6.45, 7) is 36.4. The fourth-order valence-electron chi connectivity index (χ4n) is 15.5. The molecule has 9 aromatic rings. The van der Waals surface area contributed by atoms with E-state index < -0.39 is 0 Å². The number of rotatable bonds is 6. The Kier molecular flexibility index (Phi) is 11.7. The van der Waals surface area contributed by atoms with Crippen molar-refractivity contribution in [2.45, 2.75) is 180 Å². The van der Waals surface area contributed by atoms with E-state index in [1.165, 1.54) is 95.6 Å². The molecule has 1 aromatic heterocycles. The molecule has 0 spiro atoms. The second-order valence-electron chi connectivity index (χ2n) is 30.6. The van der Waals surface area contributed by atoms with Crippen LogP contribution in [0.3, 0.4) is 0 Å². The summed E-state index contributed by atoms with van der Waals surface area (Å²) in [6.07, 6.45) is 6.84. The van der Waals surface area contributed by atoms with Crippen molar-refractivity contribution in [2.24, 2.45) is 0 Å². The Morgan fingerprint density at radius 1 is 0.410 bits per heavy atom. The number of hydrogen-bond donors (Lipinski definition) is 0. The van der Waals surface area contributed by atoms with Gasteiger partial charge in [-0.05, 0) is 216 Å². The third-order valence-corrected chi connectivity index (χ3v) is 21.2. The first-order valence-corrected chi connectivity index (χ1v) is 31.1. The van der Waals surface area contributed by atoms with Crippen LogP contribution in [0, 0.1) is 0 Å². The van der Waals surface area contributed by atoms with Crippen LogP contribution in [-0.4, -0.2) is 6.71 Å². The minimum atomic E-state index is -0.208. The van der Waals surface area contributed by atoms with Gasteiger partial charge in [-0.15, -0.1) is 0 Å². The minimum absolute atomic E-state index is 0.00265. The first kappa shape index (κ1) is 53.8. The van der Waals surface area contributed by atoms with E-state index in [0.717, 1.165) is 71.8 Å². The van der Waals surface area contributed by atoms with Crippen LogP contribution in [-0.2, 0) is 37.9 Å². The predicted octanol–water partition coefficient (Wildman–Crippen LogP) is 20.0. The van der Waals surface area contributed by atoms with Gasteiger partial charge in [0.2, 0.25) is 0 Å². The number of furan rings is 1. The molecule has 0 saturated carbocycles. The maximum atomic E-state index is 7.85. The Hall–Kier alpha value is -7.24.